The number of sulfonamides is 1. The molecule has 27 heavy (non-hydrogen) atoms. The summed E-state index contributed by atoms with van der Waals surface area (Å²) >= 11 is 3.32. The largest absolute Gasteiger partial charge is 0.274 e. The van der Waals surface area contributed by atoms with Crippen LogP contribution in [0.5, 0.6) is 0 Å². The monoisotopic (exact) mass is 447 g/mol. The average molecular weight is 448 g/mol. The molecule has 140 valence electrons. The summed E-state index contributed by atoms with van der Waals surface area (Å²) in [6.45, 7) is 3.28. The lowest BCUT2D eigenvalue weighted by atomic mass is 10.1. The van der Waals surface area contributed by atoms with Crippen LogP contribution in [0.3, 0.4) is 0 Å². The van der Waals surface area contributed by atoms with E-state index in [9.17, 15) is 13.2 Å². The van der Waals surface area contributed by atoms with E-state index in [1.807, 2.05) is 30.3 Å². The Morgan fingerprint density at radius 2 is 1.70 bits per heavy atom. The smallest absolute Gasteiger partial charge is 0.267 e. The number of benzene rings is 2. The summed E-state index contributed by atoms with van der Waals surface area (Å²) in [5.74, 6) is -0.594. The highest BCUT2D eigenvalue weighted by Gasteiger charge is 2.27. The third kappa shape index (κ3) is 4.28. The molecular weight excluding hydrogens is 430 g/mol. The van der Waals surface area contributed by atoms with Gasteiger partial charge in [-0.05, 0) is 43.7 Å². The number of halogens is 1. The normalized spacial score (nSPS) is 11.4. The van der Waals surface area contributed by atoms with Crippen LogP contribution in [0.25, 0.3) is 5.69 Å². The first-order valence-electron chi connectivity index (χ1n) is 8.19. The molecular formula is C19H18BrN3O3S. The van der Waals surface area contributed by atoms with E-state index in [1.165, 1.54) is 0 Å². The summed E-state index contributed by atoms with van der Waals surface area (Å²) in [6, 6.07) is 16.4. The second-order valence-electron chi connectivity index (χ2n) is 6.08. The molecule has 0 spiro atoms. The van der Waals surface area contributed by atoms with Crippen LogP contribution >= 0.6 is 15.9 Å². The Hall–Kier alpha value is -2.45. The van der Waals surface area contributed by atoms with Crippen molar-refractivity contribution >= 4 is 31.9 Å². The maximum Gasteiger partial charge on any atom is 0.267 e. The van der Waals surface area contributed by atoms with E-state index in [1.54, 1.807) is 42.8 Å². The van der Waals surface area contributed by atoms with Crippen molar-refractivity contribution in [1.82, 2.24) is 14.5 Å². The lowest BCUT2D eigenvalue weighted by molar-refractivity contribution is -0.118. The van der Waals surface area contributed by atoms with Crippen molar-refractivity contribution < 1.29 is 13.2 Å². The summed E-state index contributed by atoms with van der Waals surface area (Å²) < 4.78 is 30.2. The van der Waals surface area contributed by atoms with Crippen LogP contribution in [0, 0.1) is 13.8 Å². The first-order chi connectivity index (χ1) is 12.8. The topological polar surface area (TPSA) is 81.1 Å². The molecule has 0 aliphatic carbocycles. The quantitative estimate of drug-likeness (QED) is 0.650. The summed E-state index contributed by atoms with van der Waals surface area (Å²) in [6.07, 6.45) is -0.0303. The number of aryl methyl sites for hydroxylation is 1. The average Bonchev–Trinajstić information content (AvgIpc) is 2.92. The van der Waals surface area contributed by atoms with Crippen LogP contribution in [0.4, 0.5) is 0 Å². The van der Waals surface area contributed by atoms with Crippen LogP contribution in [-0.4, -0.2) is 24.1 Å². The predicted molar refractivity (Wildman–Crippen MR) is 106 cm³/mol. The van der Waals surface area contributed by atoms with E-state index in [-0.39, 0.29) is 11.3 Å². The minimum Gasteiger partial charge on any atom is -0.274 e. The maximum atomic E-state index is 12.8. The molecule has 1 amide bonds. The molecule has 0 aliphatic heterocycles. The zero-order valence-corrected chi connectivity index (χ0v) is 17.2. The van der Waals surface area contributed by atoms with Crippen LogP contribution in [-0.2, 0) is 21.2 Å². The van der Waals surface area contributed by atoms with Crippen LogP contribution in [0.2, 0.25) is 0 Å². The number of nitrogens with zero attached hydrogens (tertiary/aromatic N) is 2. The second kappa shape index (κ2) is 7.66. The SMILES string of the molecule is Cc1nn(-c2ccccc2)c(C)c1S(=O)(=O)NC(=O)Cc1ccc(Br)cc1. The van der Waals surface area contributed by atoms with Gasteiger partial charge in [0.2, 0.25) is 5.91 Å². The lowest BCUT2D eigenvalue weighted by Gasteiger charge is -2.08. The van der Waals surface area contributed by atoms with Crippen molar-refractivity contribution in [2.24, 2.45) is 0 Å². The Bertz CT molecular complexity index is 1080. The minimum atomic E-state index is -4.03. The molecule has 0 bridgehead atoms. The molecule has 2 aromatic carbocycles. The van der Waals surface area contributed by atoms with Crippen molar-refractivity contribution in [3.8, 4) is 5.69 Å². The third-order valence-electron chi connectivity index (χ3n) is 4.02. The highest BCUT2D eigenvalue weighted by molar-refractivity contribution is 9.10. The molecule has 0 saturated heterocycles. The number of aromatic nitrogens is 2. The molecule has 8 heteroatoms. The Morgan fingerprint density at radius 3 is 2.33 bits per heavy atom. The molecule has 6 nitrogen and oxygen atoms in total. The fourth-order valence-electron chi connectivity index (χ4n) is 2.86. The number of hydrogen-bond acceptors (Lipinski definition) is 4. The van der Waals surface area contributed by atoms with Crippen LogP contribution in [0.15, 0.2) is 64.0 Å². The highest BCUT2D eigenvalue weighted by Crippen LogP contribution is 2.22. The van der Waals surface area contributed by atoms with Gasteiger partial charge in [0.25, 0.3) is 10.0 Å². The van der Waals surface area contributed by atoms with Crippen molar-refractivity contribution in [2.75, 3.05) is 0 Å². The number of carbonyl (C=O) groups excluding carboxylic acids is 1. The Kier molecular flexibility index (Phi) is 5.48. The molecule has 0 saturated carbocycles. The third-order valence-corrected chi connectivity index (χ3v) is 6.17. The zero-order chi connectivity index (χ0) is 19.6. The molecule has 1 aromatic heterocycles. The van der Waals surface area contributed by atoms with E-state index in [2.05, 4.69) is 25.8 Å². The molecule has 0 aliphatic rings. The summed E-state index contributed by atoms with van der Waals surface area (Å²) in [7, 11) is -4.03. The lowest BCUT2D eigenvalue weighted by Crippen LogP contribution is -2.32. The maximum absolute atomic E-state index is 12.8. The van der Waals surface area contributed by atoms with Gasteiger partial charge in [0.05, 0.1) is 23.5 Å². The van der Waals surface area contributed by atoms with Crippen molar-refractivity contribution in [3.63, 3.8) is 0 Å². The van der Waals surface area contributed by atoms with E-state index in [0.717, 1.165) is 15.7 Å². The molecule has 3 rings (SSSR count). The van der Waals surface area contributed by atoms with E-state index in [0.29, 0.717) is 11.4 Å². The van der Waals surface area contributed by atoms with Gasteiger partial charge in [0, 0.05) is 4.47 Å². The van der Waals surface area contributed by atoms with Crippen molar-refractivity contribution in [1.29, 1.82) is 0 Å². The number of amides is 1. The molecule has 0 radical (unpaired) electrons. The number of rotatable bonds is 5. The fraction of sp³-hybridized carbons (Fsp3) is 0.158. The van der Waals surface area contributed by atoms with E-state index >= 15 is 0 Å². The van der Waals surface area contributed by atoms with Gasteiger partial charge >= 0.3 is 0 Å². The van der Waals surface area contributed by atoms with Crippen molar-refractivity contribution in [3.05, 3.63) is 76.0 Å². The van der Waals surface area contributed by atoms with E-state index in [4.69, 9.17) is 0 Å². The van der Waals surface area contributed by atoms with Crippen LogP contribution in [0.1, 0.15) is 17.0 Å². The first kappa shape index (κ1) is 19.3. The Morgan fingerprint density at radius 1 is 1.07 bits per heavy atom. The molecule has 1 N–H and O–H groups in total. The Labute approximate surface area is 166 Å². The van der Waals surface area contributed by atoms with Gasteiger partial charge in [-0.15, -0.1) is 0 Å². The molecule has 3 aromatic rings. The number of para-hydroxylation sites is 1. The van der Waals surface area contributed by atoms with Crippen LogP contribution < -0.4 is 4.72 Å². The van der Waals surface area contributed by atoms with Gasteiger partial charge in [-0.25, -0.2) is 17.8 Å². The standard InChI is InChI=1S/C19H18BrN3O3S/c1-13-19(14(2)23(21-13)17-6-4-3-5-7-17)27(25,26)22-18(24)12-15-8-10-16(20)11-9-15/h3-11H,12H2,1-2H3,(H,22,24). The van der Waals surface area contributed by atoms with Gasteiger partial charge < -0.3 is 0 Å². The molecule has 0 fully saturated rings. The zero-order valence-electron chi connectivity index (χ0n) is 14.8. The van der Waals surface area contributed by atoms with Gasteiger partial charge in [0.15, 0.2) is 0 Å². The molecule has 0 atom stereocenters. The van der Waals surface area contributed by atoms with Gasteiger partial charge in [-0.2, -0.15) is 5.10 Å². The van der Waals surface area contributed by atoms with Crippen molar-refractivity contribution in [2.45, 2.75) is 25.2 Å². The second-order valence-corrected chi connectivity index (χ2v) is 8.61. The molecule has 1 heterocycles. The summed E-state index contributed by atoms with van der Waals surface area (Å²) in [4.78, 5) is 12.3. The first-order valence-corrected chi connectivity index (χ1v) is 10.5. The predicted octanol–water partition coefficient (Wildman–Crippen LogP) is 3.30. The van der Waals surface area contributed by atoms with E-state index < -0.39 is 15.9 Å². The summed E-state index contributed by atoms with van der Waals surface area (Å²) in [5.41, 5.74) is 2.25. The number of hydrogen-bond donors (Lipinski definition) is 1. The molecule has 0 unspecified atom stereocenters. The highest BCUT2D eigenvalue weighted by atomic mass is 79.9. The Balaban J connectivity index is 1.85. The number of carbonyl (C=O) groups is 1. The minimum absolute atomic E-state index is 0.0236. The fourth-order valence-corrected chi connectivity index (χ4v) is 4.51. The van der Waals surface area contributed by atoms with Gasteiger partial charge in [0.1, 0.15) is 4.90 Å². The van der Waals surface area contributed by atoms with Gasteiger partial charge in [-0.3, -0.25) is 4.79 Å². The van der Waals surface area contributed by atoms with Gasteiger partial charge in [-0.1, -0.05) is 46.3 Å². The number of nitrogens with one attached hydrogen (secondary N) is 1. The summed E-state index contributed by atoms with van der Waals surface area (Å²) in [5, 5.41) is 4.33.